The number of hydrogen-bond donors (Lipinski definition) is 3. The number of hydrogen-bond acceptors (Lipinski definition) is 3. The molecular weight excluding hydrogens is 304 g/mol. The average Bonchev–Trinajstić information content (AvgIpc) is 2.85. The molecule has 1 aromatic carbocycles. The number of benzene rings is 1. The van der Waals surface area contributed by atoms with E-state index in [0.29, 0.717) is 6.54 Å². The summed E-state index contributed by atoms with van der Waals surface area (Å²) >= 11 is 0. The van der Waals surface area contributed by atoms with Crippen LogP contribution >= 0.6 is 0 Å². The second-order valence-electron chi connectivity index (χ2n) is 6.03. The van der Waals surface area contributed by atoms with Crippen molar-refractivity contribution in [2.45, 2.75) is 52.6 Å². The topological polar surface area (TPSA) is 93.2 Å². The number of aromatic nitrogens is 2. The van der Waals surface area contributed by atoms with E-state index in [9.17, 15) is 4.79 Å². The molecular formula is C18H26N4O2. The van der Waals surface area contributed by atoms with Crippen molar-refractivity contribution >= 4 is 11.8 Å². The van der Waals surface area contributed by atoms with E-state index in [1.54, 1.807) is 0 Å². The summed E-state index contributed by atoms with van der Waals surface area (Å²) in [5.41, 5.74) is 11.2. The molecule has 6 heteroatoms. The van der Waals surface area contributed by atoms with Crippen LogP contribution in [0.2, 0.25) is 0 Å². The van der Waals surface area contributed by atoms with Gasteiger partial charge in [0.15, 0.2) is 0 Å². The van der Waals surface area contributed by atoms with Gasteiger partial charge in [-0.05, 0) is 37.5 Å². The third-order valence-electron chi connectivity index (χ3n) is 4.10. The van der Waals surface area contributed by atoms with Crippen molar-refractivity contribution in [2.75, 3.05) is 5.73 Å². The zero-order valence-electron chi connectivity index (χ0n) is 14.5. The summed E-state index contributed by atoms with van der Waals surface area (Å²) in [4.78, 5) is 10.8. The maximum Gasteiger partial charge on any atom is 0.404 e. The minimum absolute atomic E-state index is 0.193. The predicted molar refractivity (Wildman–Crippen MR) is 95.3 cm³/mol. The number of rotatable bonds is 7. The highest BCUT2D eigenvalue weighted by molar-refractivity contribution is 5.64. The fourth-order valence-electron chi connectivity index (χ4n) is 2.98. The van der Waals surface area contributed by atoms with Crippen molar-refractivity contribution in [1.29, 1.82) is 0 Å². The van der Waals surface area contributed by atoms with Gasteiger partial charge in [-0.1, -0.05) is 26.0 Å². The van der Waals surface area contributed by atoms with Gasteiger partial charge in [-0.2, -0.15) is 5.10 Å². The van der Waals surface area contributed by atoms with Crippen LogP contribution in [0.1, 0.15) is 43.3 Å². The number of nitrogen functional groups attached to an aromatic ring is 1. The van der Waals surface area contributed by atoms with Crippen LogP contribution < -0.4 is 11.1 Å². The van der Waals surface area contributed by atoms with E-state index in [-0.39, 0.29) is 6.04 Å². The lowest BCUT2D eigenvalue weighted by molar-refractivity contribution is 0.189. The molecule has 0 fully saturated rings. The Labute approximate surface area is 142 Å². The van der Waals surface area contributed by atoms with Crippen LogP contribution in [0, 0.1) is 0 Å². The molecule has 1 atom stereocenters. The molecule has 4 N–H and O–H groups in total. The molecule has 24 heavy (non-hydrogen) atoms. The second kappa shape index (κ2) is 7.86. The fourth-order valence-corrected chi connectivity index (χ4v) is 2.98. The molecule has 0 unspecified atom stereocenters. The highest BCUT2D eigenvalue weighted by atomic mass is 16.4. The van der Waals surface area contributed by atoms with Crippen LogP contribution in [-0.4, -0.2) is 27.0 Å². The maximum absolute atomic E-state index is 10.8. The van der Waals surface area contributed by atoms with Crippen molar-refractivity contribution in [1.82, 2.24) is 15.1 Å². The molecule has 2 aromatic rings. The molecule has 0 bridgehead atoms. The molecule has 1 heterocycles. The van der Waals surface area contributed by atoms with Gasteiger partial charge in [0.2, 0.25) is 0 Å². The van der Waals surface area contributed by atoms with E-state index < -0.39 is 6.09 Å². The van der Waals surface area contributed by atoms with Gasteiger partial charge in [0.05, 0.1) is 12.2 Å². The Hall–Kier alpha value is -2.50. The molecule has 2 rings (SSSR count). The fraction of sp³-hybridized carbons (Fsp3) is 0.444. The van der Waals surface area contributed by atoms with E-state index in [2.05, 4.69) is 19.2 Å². The molecule has 0 spiro atoms. The Morgan fingerprint density at radius 1 is 1.29 bits per heavy atom. The molecule has 0 radical (unpaired) electrons. The minimum atomic E-state index is -1.01. The summed E-state index contributed by atoms with van der Waals surface area (Å²) < 4.78 is 1.95. The number of nitrogens with one attached hydrogen (secondary N) is 1. The highest BCUT2D eigenvalue weighted by Gasteiger charge is 2.18. The molecule has 1 amide bonds. The van der Waals surface area contributed by atoms with Crippen molar-refractivity contribution in [2.24, 2.45) is 0 Å². The van der Waals surface area contributed by atoms with E-state index >= 15 is 0 Å². The zero-order chi connectivity index (χ0) is 17.7. The van der Waals surface area contributed by atoms with Gasteiger partial charge >= 0.3 is 6.09 Å². The first-order valence-electron chi connectivity index (χ1n) is 8.35. The summed E-state index contributed by atoms with van der Waals surface area (Å²) in [5.74, 6) is 0. The lowest BCUT2D eigenvalue weighted by Crippen LogP contribution is -2.35. The molecule has 0 saturated heterocycles. The first-order chi connectivity index (χ1) is 11.4. The summed E-state index contributed by atoms with van der Waals surface area (Å²) in [6.45, 7) is 6.58. The molecule has 1 aromatic heterocycles. The van der Waals surface area contributed by atoms with Crippen molar-refractivity contribution in [3.05, 3.63) is 46.8 Å². The van der Waals surface area contributed by atoms with Gasteiger partial charge in [0, 0.05) is 29.4 Å². The number of aryl methyl sites for hydroxylation is 1. The number of carbonyl (C=O) groups is 1. The van der Waals surface area contributed by atoms with Crippen molar-refractivity contribution in [3.8, 4) is 0 Å². The molecule has 0 aliphatic rings. The Morgan fingerprint density at radius 3 is 2.50 bits per heavy atom. The van der Waals surface area contributed by atoms with E-state index in [1.165, 1.54) is 16.8 Å². The zero-order valence-corrected chi connectivity index (χ0v) is 14.5. The second-order valence-corrected chi connectivity index (χ2v) is 6.03. The van der Waals surface area contributed by atoms with Crippen LogP contribution in [0.5, 0.6) is 0 Å². The Morgan fingerprint density at radius 2 is 1.96 bits per heavy atom. The number of carboxylic acid groups (broad SMARTS) is 1. The summed E-state index contributed by atoms with van der Waals surface area (Å²) in [6.07, 6.45) is 1.51. The third kappa shape index (κ3) is 4.28. The largest absolute Gasteiger partial charge is 0.465 e. The minimum Gasteiger partial charge on any atom is -0.465 e. The number of amides is 1. The normalized spacial score (nSPS) is 12.1. The monoisotopic (exact) mass is 330 g/mol. The van der Waals surface area contributed by atoms with Crippen molar-refractivity contribution < 1.29 is 9.90 Å². The quantitative estimate of drug-likeness (QED) is 0.681. The predicted octanol–water partition coefficient (Wildman–Crippen LogP) is 2.84. The summed E-state index contributed by atoms with van der Waals surface area (Å²) in [6, 6.07) is 7.72. The lowest BCUT2D eigenvalue weighted by atomic mass is 10.0. The Bertz CT molecular complexity index is 692. The number of nitrogens with zero attached hydrogens (tertiary/aromatic N) is 2. The van der Waals surface area contributed by atoms with Gasteiger partial charge < -0.3 is 16.2 Å². The van der Waals surface area contributed by atoms with Crippen molar-refractivity contribution in [3.63, 3.8) is 0 Å². The third-order valence-corrected chi connectivity index (χ3v) is 4.10. The van der Waals surface area contributed by atoms with Crippen LogP contribution in [0.25, 0.3) is 0 Å². The van der Waals surface area contributed by atoms with Crippen LogP contribution in [0.4, 0.5) is 10.5 Å². The van der Waals surface area contributed by atoms with E-state index in [0.717, 1.165) is 30.6 Å². The van der Waals surface area contributed by atoms with Gasteiger partial charge in [-0.25, -0.2) is 4.79 Å². The number of nitrogens with two attached hydrogens (primary N) is 1. The van der Waals surface area contributed by atoms with Gasteiger partial charge in [-0.15, -0.1) is 0 Å². The van der Waals surface area contributed by atoms with Crippen LogP contribution in [0.3, 0.4) is 0 Å². The van der Waals surface area contributed by atoms with Gasteiger partial charge in [0.1, 0.15) is 0 Å². The lowest BCUT2D eigenvalue weighted by Gasteiger charge is -2.14. The first kappa shape index (κ1) is 17.8. The average molecular weight is 330 g/mol. The number of anilines is 1. The van der Waals surface area contributed by atoms with Crippen LogP contribution in [-0.2, 0) is 25.8 Å². The highest BCUT2D eigenvalue weighted by Crippen LogP contribution is 2.21. The molecule has 130 valence electrons. The molecule has 0 saturated carbocycles. The SMILES string of the molecule is CCc1nn(C[C@H](C)NC(=O)O)c(CC)c1Cc1ccc(N)cc1. The van der Waals surface area contributed by atoms with E-state index in [1.807, 2.05) is 35.9 Å². The first-order valence-corrected chi connectivity index (χ1v) is 8.35. The van der Waals surface area contributed by atoms with Gasteiger partial charge in [-0.3, -0.25) is 4.68 Å². The maximum atomic E-state index is 10.8. The smallest absolute Gasteiger partial charge is 0.404 e. The summed E-state index contributed by atoms with van der Waals surface area (Å²) in [7, 11) is 0. The van der Waals surface area contributed by atoms with E-state index in [4.69, 9.17) is 15.9 Å². The Kier molecular flexibility index (Phi) is 5.84. The molecule has 0 aliphatic heterocycles. The Balaban J connectivity index is 2.29. The standard InChI is InChI=1S/C18H26N4O2/c1-4-16-15(10-13-6-8-14(19)9-7-13)17(5-2)22(21-16)11-12(3)20-18(23)24/h6-9,12,20H,4-5,10-11,19H2,1-3H3,(H,23,24)/t12-/m0/s1. The molecule has 6 nitrogen and oxygen atoms in total. The van der Waals surface area contributed by atoms with Crippen LogP contribution in [0.15, 0.2) is 24.3 Å². The summed E-state index contributed by atoms with van der Waals surface area (Å²) in [5, 5.41) is 16.1. The molecule has 0 aliphatic carbocycles. The van der Waals surface area contributed by atoms with Gasteiger partial charge in [0.25, 0.3) is 0 Å².